The Bertz CT molecular complexity index is 1440. The molecule has 0 unspecified atom stereocenters. The molecule has 15 heteroatoms. The molecular weight excluding hydrogens is 564 g/mol. The first kappa shape index (κ1) is 30.1. The van der Waals surface area contributed by atoms with Crippen LogP contribution in [0.4, 0.5) is 0 Å². The van der Waals surface area contributed by atoms with E-state index in [0.29, 0.717) is 5.56 Å². The second-order valence-corrected chi connectivity index (χ2v) is 9.91. The highest BCUT2D eigenvalue weighted by Crippen LogP contribution is 2.43. The average Bonchev–Trinajstić information content (AvgIpc) is 2.99. The molecule has 0 radical (unpaired) electrons. The zero-order valence-corrected chi connectivity index (χ0v) is 21.7. The van der Waals surface area contributed by atoms with Gasteiger partial charge in [0.15, 0.2) is 23.2 Å². The van der Waals surface area contributed by atoms with Crippen molar-refractivity contribution in [3.8, 4) is 28.6 Å². The first-order valence-corrected chi connectivity index (χ1v) is 12.9. The summed E-state index contributed by atoms with van der Waals surface area (Å²) in [5.74, 6) is -2.12. The summed E-state index contributed by atoms with van der Waals surface area (Å²) >= 11 is 0. The van der Waals surface area contributed by atoms with Gasteiger partial charge in [0.25, 0.3) is 0 Å². The number of aliphatic hydroxyl groups is 7. The van der Waals surface area contributed by atoms with Gasteiger partial charge in [-0.2, -0.15) is 0 Å². The van der Waals surface area contributed by atoms with E-state index >= 15 is 0 Å². The van der Waals surface area contributed by atoms with Gasteiger partial charge in [-0.25, -0.2) is 0 Å². The minimum atomic E-state index is -1.93. The number of phenols is 2. The van der Waals surface area contributed by atoms with Crippen LogP contribution in [0.1, 0.15) is 0 Å². The molecular formula is C27H30O15. The van der Waals surface area contributed by atoms with Gasteiger partial charge in [0.05, 0.1) is 13.2 Å². The van der Waals surface area contributed by atoms with Crippen LogP contribution >= 0.6 is 0 Å². The zero-order valence-electron chi connectivity index (χ0n) is 21.7. The standard InChI is InChI=1S/C27H30O15/c28-8-15-19(32)21(34)23(36)27(40-15)42-25-16(9-29)41-26(24(37)22(25)35)39-14-7-13-17(20(33)18(14)31)11(30)6-12(38-13)10-4-2-1-3-5-10/h1-7,15-16,19,21-29,31-37H,8-9H2/t15-,16-,19-,21+,22-,23-,24-,25-,26-,27+/m1/s1. The third-order valence-corrected chi connectivity index (χ3v) is 7.19. The Kier molecular flexibility index (Phi) is 8.68. The highest BCUT2D eigenvalue weighted by molar-refractivity contribution is 5.89. The molecule has 10 atom stereocenters. The molecule has 2 aliphatic heterocycles. The maximum absolute atomic E-state index is 12.7. The van der Waals surface area contributed by atoms with Gasteiger partial charge in [-0.1, -0.05) is 30.3 Å². The number of hydrogen-bond donors (Lipinski definition) is 9. The van der Waals surface area contributed by atoms with Crippen molar-refractivity contribution in [3.05, 3.63) is 52.7 Å². The molecule has 228 valence electrons. The number of hydrogen-bond acceptors (Lipinski definition) is 15. The molecule has 3 heterocycles. The van der Waals surface area contributed by atoms with Gasteiger partial charge >= 0.3 is 0 Å². The van der Waals surface area contributed by atoms with E-state index in [1.54, 1.807) is 30.3 Å². The lowest BCUT2D eigenvalue weighted by Gasteiger charge is -2.45. The maximum Gasteiger partial charge on any atom is 0.229 e. The molecule has 15 nitrogen and oxygen atoms in total. The summed E-state index contributed by atoms with van der Waals surface area (Å²) in [5, 5.41) is 91.9. The number of benzene rings is 2. The molecule has 0 saturated carbocycles. The molecule has 2 aromatic carbocycles. The summed E-state index contributed by atoms with van der Waals surface area (Å²) in [7, 11) is 0. The predicted octanol–water partition coefficient (Wildman–Crippen LogP) is -2.13. The molecule has 3 aromatic rings. The van der Waals surface area contributed by atoms with Gasteiger partial charge in [-0.15, -0.1) is 0 Å². The first-order valence-electron chi connectivity index (χ1n) is 12.9. The van der Waals surface area contributed by atoms with E-state index in [4.69, 9.17) is 23.4 Å². The van der Waals surface area contributed by atoms with Gasteiger partial charge in [-0.3, -0.25) is 4.79 Å². The van der Waals surface area contributed by atoms with Crippen LogP contribution in [-0.4, -0.2) is 121 Å². The topological polar surface area (TPSA) is 249 Å². The fraction of sp³-hybridized carbons (Fsp3) is 0.444. The Morgan fingerprint density at radius 1 is 0.738 bits per heavy atom. The van der Waals surface area contributed by atoms with Gasteiger partial charge in [-0.05, 0) is 0 Å². The van der Waals surface area contributed by atoms with Crippen LogP contribution in [0, 0.1) is 0 Å². The van der Waals surface area contributed by atoms with Crippen molar-refractivity contribution in [3.63, 3.8) is 0 Å². The van der Waals surface area contributed by atoms with Crippen LogP contribution in [0.5, 0.6) is 17.2 Å². The lowest BCUT2D eigenvalue weighted by atomic mass is 9.97. The lowest BCUT2D eigenvalue weighted by Crippen LogP contribution is -2.65. The summed E-state index contributed by atoms with van der Waals surface area (Å²) < 4.78 is 27.6. The van der Waals surface area contributed by atoms with Crippen molar-refractivity contribution in [1.82, 2.24) is 0 Å². The van der Waals surface area contributed by atoms with E-state index in [0.717, 1.165) is 12.1 Å². The fourth-order valence-corrected chi connectivity index (χ4v) is 4.88. The van der Waals surface area contributed by atoms with E-state index in [1.165, 1.54) is 0 Å². The highest BCUT2D eigenvalue weighted by atomic mass is 16.7. The second-order valence-electron chi connectivity index (χ2n) is 9.91. The smallest absolute Gasteiger partial charge is 0.229 e. The summed E-state index contributed by atoms with van der Waals surface area (Å²) in [6, 6.07) is 10.8. The van der Waals surface area contributed by atoms with Gasteiger partial charge in [0.1, 0.15) is 65.6 Å². The van der Waals surface area contributed by atoms with E-state index < -0.39 is 97.3 Å². The molecule has 9 N–H and O–H groups in total. The summed E-state index contributed by atoms with van der Waals surface area (Å²) in [5.41, 5.74) is -0.288. The number of phenolic OH excluding ortho intramolecular Hbond substituents is 2. The quantitative estimate of drug-likeness (QED) is 0.133. The summed E-state index contributed by atoms with van der Waals surface area (Å²) in [6.45, 7) is -1.57. The van der Waals surface area contributed by atoms with Crippen LogP contribution in [-0.2, 0) is 14.2 Å². The van der Waals surface area contributed by atoms with Crippen LogP contribution in [0.2, 0.25) is 0 Å². The molecule has 0 spiro atoms. The SMILES string of the molecule is O=c1cc(-c2ccccc2)oc2cc(O[C@@H]3O[C@H](CO)[C@@H](O[C@@H]4O[C@H](CO)[C@@H](O)[C@H](O)[C@H]4O)[C@H](O)[C@H]3O)c(O)c(O)c12. The number of rotatable bonds is 7. The van der Waals surface area contributed by atoms with Crippen molar-refractivity contribution < 1.29 is 69.3 Å². The third kappa shape index (κ3) is 5.43. The first-order chi connectivity index (χ1) is 20.0. The summed E-state index contributed by atoms with van der Waals surface area (Å²) in [4.78, 5) is 12.7. The molecule has 1 aromatic heterocycles. The third-order valence-electron chi connectivity index (χ3n) is 7.19. The normalized spacial score (nSPS) is 33.5. The molecule has 42 heavy (non-hydrogen) atoms. The van der Waals surface area contributed by atoms with Crippen LogP contribution < -0.4 is 10.2 Å². The Hall–Kier alpha value is -3.35. The Morgan fingerprint density at radius 3 is 2.05 bits per heavy atom. The predicted molar refractivity (Wildman–Crippen MR) is 138 cm³/mol. The fourth-order valence-electron chi connectivity index (χ4n) is 4.88. The van der Waals surface area contributed by atoms with Crippen molar-refractivity contribution >= 4 is 11.0 Å². The average molecular weight is 595 g/mol. The highest BCUT2D eigenvalue weighted by Gasteiger charge is 2.51. The number of ether oxygens (including phenoxy) is 4. The van der Waals surface area contributed by atoms with Crippen LogP contribution in [0.25, 0.3) is 22.3 Å². The monoisotopic (exact) mass is 594 g/mol. The van der Waals surface area contributed by atoms with E-state index in [-0.39, 0.29) is 16.7 Å². The van der Waals surface area contributed by atoms with Crippen molar-refractivity contribution in [2.24, 2.45) is 0 Å². The molecule has 5 rings (SSSR count). The van der Waals surface area contributed by atoms with Gasteiger partial charge in [0, 0.05) is 17.7 Å². The van der Waals surface area contributed by atoms with Crippen molar-refractivity contribution in [2.45, 2.75) is 61.4 Å². The Morgan fingerprint density at radius 2 is 1.38 bits per heavy atom. The van der Waals surface area contributed by atoms with Gasteiger partial charge in [0.2, 0.25) is 12.0 Å². The van der Waals surface area contributed by atoms with Crippen LogP contribution in [0.3, 0.4) is 0 Å². The van der Waals surface area contributed by atoms with E-state index in [2.05, 4.69) is 0 Å². The van der Waals surface area contributed by atoms with Crippen molar-refractivity contribution in [1.29, 1.82) is 0 Å². The lowest BCUT2D eigenvalue weighted by molar-refractivity contribution is -0.352. The molecule has 2 aliphatic rings. The second kappa shape index (κ2) is 12.1. The van der Waals surface area contributed by atoms with Crippen molar-refractivity contribution in [2.75, 3.05) is 13.2 Å². The maximum atomic E-state index is 12.7. The Balaban J connectivity index is 1.40. The molecule has 0 amide bonds. The number of aliphatic hydroxyl groups excluding tert-OH is 7. The Labute approximate surface area is 236 Å². The molecule has 2 saturated heterocycles. The zero-order chi connectivity index (χ0) is 30.3. The minimum absolute atomic E-state index is 0.155. The van der Waals surface area contributed by atoms with E-state index in [9.17, 15) is 50.8 Å². The minimum Gasteiger partial charge on any atom is -0.504 e. The summed E-state index contributed by atoms with van der Waals surface area (Å²) in [6.07, 6.45) is -17.0. The number of aromatic hydroxyl groups is 2. The largest absolute Gasteiger partial charge is 0.504 e. The molecule has 2 fully saturated rings. The molecule has 0 aliphatic carbocycles. The van der Waals surface area contributed by atoms with Crippen LogP contribution in [0.15, 0.2) is 51.7 Å². The molecule has 0 bridgehead atoms. The number of fused-ring (bicyclic) bond motifs is 1. The van der Waals surface area contributed by atoms with Gasteiger partial charge < -0.3 is 69.3 Å². The van der Waals surface area contributed by atoms with E-state index in [1.807, 2.05) is 0 Å².